The van der Waals surface area contributed by atoms with Crippen molar-refractivity contribution in [1.29, 1.82) is 0 Å². The van der Waals surface area contributed by atoms with Gasteiger partial charge in [-0.1, -0.05) is 6.07 Å². The summed E-state index contributed by atoms with van der Waals surface area (Å²) in [6.07, 6.45) is 0. The quantitative estimate of drug-likeness (QED) is 0.700. The lowest BCUT2D eigenvalue weighted by molar-refractivity contribution is -0.115. The largest absolute Gasteiger partial charge is 0.398 e. The third-order valence-corrected chi connectivity index (χ3v) is 3.32. The second kappa shape index (κ2) is 4.23. The summed E-state index contributed by atoms with van der Waals surface area (Å²) < 4.78 is 11.6. The Morgan fingerprint density at radius 2 is 2.14 bits per heavy atom. The van der Waals surface area contributed by atoms with Crippen LogP contribution in [-0.4, -0.2) is 15.9 Å². The molecule has 0 fully saturated rings. The first-order valence-corrected chi connectivity index (χ1v) is 5.36. The average molecular weight is 212 g/mol. The number of nitrogen functional groups attached to an aromatic ring is 1. The second-order valence-corrected chi connectivity index (χ2v) is 4.35. The number of anilines is 1. The molecule has 0 bridgehead atoms. The van der Waals surface area contributed by atoms with E-state index in [0.29, 0.717) is 10.6 Å². The zero-order valence-corrected chi connectivity index (χ0v) is 8.64. The Morgan fingerprint density at radius 1 is 1.50 bits per heavy atom. The molecule has 0 aliphatic carbocycles. The third kappa shape index (κ3) is 2.32. The number of carbonyl (C=O) groups is 1. The number of carbonyl (C=O) groups excluding carboxylic acids is 1. The van der Waals surface area contributed by atoms with E-state index in [1.54, 1.807) is 25.1 Å². The molecule has 1 aromatic rings. The topological polar surface area (TPSA) is 86.2 Å². The number of primary amides is 1. The summed E-state index contributed by atoms with van der Waals surface area (Å²) in [5.74, 6) is -0.741. The van der Waals surface area contributed by atoms with Gasteiger partial charge in [-0.15, -0.1) is 0 Å². The van der Waals surface area contributed by atoms with E-state index in [-0.39, 0.29) is 5.75 Å². The molecule has 76 valence electrons. The lowest BCUT2D eigenvalue weighted by atomic mass is 10.2. The van der Waals surface area contributed by atoms with E-state index in [4.69, 9.17) is 11.5 Å². The van der Waals surface area contributed by atoms with Crippen molar-refractivity contribution in [2.45, 2.75) is 11.8 Å². The maximum atomic E-state index is 11.6. The first kappa shape index (κ1) is 10.7. The van der Waals surface area contributed by atoms with Crippen molar-refractivity contribution in [3.8, 4) is 0 Å². The zero-order chi connectivity index (χ0) is 10.7. The van der Waals surface area contributed by atoms with Gasteiger partial charge in [0, 0.05) is 10.6 Å². The predicted octanol–water partition coefficient (Wildman–Crippen LogP) is 0.170. The molecule has 4 nitrogen and oxygen atoms in total. The van der Waals surface area contributed by atoms with Crippen molar-refractivity contribution in [1.82, 2.24) is 0 Å². The molecule has 0 saturated heterocycles. The van der Waals surface area contributed by atoms with Crippen molar-refractivity contribution < 1.29 is 9.00 Å². The Hall–Kier alpha value is -1.36. The van der Waals surface area contributed by atoms with Crippen LogP contribution in [0.5, 0.6) is 0 Å². The van der Waals surface area contributed by atoms with E-state index in [1.165, 1.54) is 0 Å². The summed E-state index contributed by atoms with van der Waals surface area (Å²) in [6.45, 7) is 1.77. The van der Waals surface area contributed by atoms with Crippen LogP contribution in [0.3, 0.4) is 0 Å². The minimum atomic E-state index is -1.39. The number of benzene rings is 1. The number of amides is 1. The summed E-state index contributed by atoms with van der Waals surface area (Å²) in [7, 11) is -1.39. The van der Waals surface area contributed by atoms with Gasteiger partial charge in [0.15, 0.2) is 0 Å². The normalized spacial score (nSPS) is 12.4. The van der Waals surface area contributed by atoms with Crippen LogP contribution in [0, 0.1) is 6.92 Å². The lowest BCUT2D eigenvalue weighted by Gasteiger charge is -2.06. The fraction of sp³-hybridized carbons (Fsp3) is 0.222. The molecular weight excluding hydrogens is 200 g/mol. The van der Waals surface area contributed by atoms with Crippen molar-refractivity contribution >= 4 is 22.4 Å². The van der Waals surface area contributed by atoms with E-state index in [9.17, 15) is 9.00 Å². The van der Waals surface area contributed by atoms with Crippen LogP contribution in [0.15, 0.2) is 23.1 Å². The van der Waals surface area contributed by atoms with Gasteiger partial charge in [0.25, 0.3) is 0 Å². The van der Waals surface area contributed by atoms with Crippen molar-refractivity contribution in [3.05, 3.63) is 23.8 Å². The van der Waals surface area contributed by atoms with Gasteiger partial charge >= 0.3 is 0 Å². The molecule has 0 aromatic heterocycles. The SMILES string of the molecule is Cc1c(N)cccc1S(=O)CC(N)=O. The molecule has 4 N–H and O–H groups in total. The highest BCUT2D eigenvalue weighted by Crippen LogP contribution is 2.18. The molecule has 1 aromatic carbocycles. The number of nitrogens with two attached hydrogens (primary N) is 2. The van der Waals surface area contributed by atoms with Gasteiger partial charge < -0.3 is 11.5 Å². The van der Waals surface area contributed by atoms with Crippen molar-refractivity contribution in [3.63, 3.8) is 0 Å². The fourth-order valence-corrected chi connectivity index (χ4v) is 2.19. The smallest absolute Gasteiger partial charge is 0.230 e. The molecule has 1 amide bonds. The summed E-state index contributed by atoms with van der Waals surface area (Å²) >= 11 is 0. The Balaban J connectivity index is 3.01. The van der Waals surface area contributed by atoms with Crippen molar-refractivity contribution in [2.24, 2.45) is 5.73 Å². The van der Waals surface area contributed by atoms with Crippen LogP contribution in [-0.2, 0) is 15.6 Å². The molecule has 0 saturated carbocycles. The standard InChI is InChI=1S/C9H12N2O2S/c1-6-7(10)3-2-4-8(6)14(13)5-9(11)12/h2-4H,5,10H2,1H3,(H2,11,12). The van der Waals surface area contributed by atoms with Crippen LogP contribution < -0.4 is 11.5 Å². The first-order valence-electron chi connectivity index (χ1n) is 4.04. The summed E-state index contributed by atoms with van der Waals surface area (Å²) in [5, 5.41) is 0. The van der Waals surface area contributed by atoms with E-state index in [2.05, 4.69) is 0 Å². The van der Waals surface area contributed by atoms with Crippen LogP contribution in [0.1, 0.15) is 5.56 Å². The molecule has 1 unspecified atom stereocenters. The van der Waals surface area contributed by atoms with E-state index in [1.807, 2.05) is 0 Å². The van der Waals surface area contributed by atoms with Crippen LogP contribution in [0.2, 0.25) is 0 Å². The van der Waals surface area contributed by atoms with Crippen LogP contribution >= 0.6 is 0 Å². The molecular formula is C9H12N2O2S. The van der Waals surface area contributed by atoms with Crippen molar-refractivity contribution in [2.75, 3.05) is 11.5 Å². The highest BCUT2D eigenvalue weighted by atomic mass is 32.2. The van der Waals surface area contributed by atoms with E-state index < -0.39 is 16.7 Å². The Morgan fingerprint density at radius 3 is 2.71 bits per heavy atom. The predicted molar refractivity (Wildman–Crippen MR) is 56.1 cm³/mol. The molecule has 0 aliphatic rings. The summed E-state index contributed by atoms with van der Waals surface area (Å²) in [6, 6.07) is 5.11. The van der Waals surface area contributed by atoms with E-state index in [0.717, 1.165) is 5.56 Å². The van der Waals surface area contributed by atoms with Gasteiger partial charge in [-0.2, -0.15) is 0 Å². The van der Waals surface area contributed by atoms with Gasteiger partial charge in [-0.25, -0.2) is 0 Å². The molecule has 5 heteroatoms. The molecule has 14 heavy (non-hydrogen) atoms. The summed E-state index contributed by atoms with van der Waals surface area (Å²) in [4.78, 5) is 11.2. The molecule has 0 radical (unpaired) electrons. The second-order valence-electron chi connectivity index (χ2n) is 2.93. The molecule has 0 aliphatic heterocycles. The molecule has 0 spiro atoms. The van der Waals surface area contributed by atoms with Gasteiger partial charge in [0.05, 0.1) is 10.8 Å². The third-order valence-electron chi connectivity index (χ3n) is 1.84. The highest BCUT2D eigenvalue weighted by Gasteiger charge is 2.10. The number of rotatable bonds is 3. The molecule has 1 rings (SSSR count). The minimum absolute atomic E-state index is 0.162. The monoisotopic (exact) mass is 212 g/mol. The fourth-order valence-electron chi connectivity index (χ4n) is 1.09. The van der Waals surface area contributed by atoms with Gasteiger partial charge in [-0.3, -0.25) is 9.00 Å². The van der Waals surface area contributed by atoms with Gasteiger partial charge in [-0.05, 0) is 24.6 Å². The first-order chi connectivity index (χ1) is 6.52. The van der Waals surface area contributed by atoms with Crippen LogP contribution in [0.25, 0.3) is 0 Å². The minimum Gasteiger partial charge on any atom is -0.398 e. The summed E-state index contributed by atoms with van der Waals surface area (Å²) in [5.41, 5.74) is 11.9. The lowest BCUT2D eigenvalue weighted by Crippen LogP contribution is -2.19. The molecule has 0 heterocycles. The Kier molecular flexibility index (Phi) is 3.24. The maximum absolute atomic E-state index is 11.6. The van der Waals surface area contributed by atoms with Gasteiger partial charge in [0.2, 0.25) is 5.91 Å². The number of hydrogen-bond donors (Lipinski definition) is 2. The Labute approximate surface area is 84.7 Å². The number of hydrogen-bond acceptors (Lipinski definition) is 3. The average Bonchev–Trinajstić information content (AvgIpc) is 2.08. The van der Waals surface area contributed by atoms with E-state index >= 15 is 0 Å². The maximum Gasteiger partial charge on any atom is 0.230 e. The molecule has 1 atom stereocenters. The Bertz CT molecular complexity index is 390. The van der Waals surface area contributed by atoms with Gasteiger partial charge in [0.1, 0.15) is 5.75 Å². The van der Waals surface area contributed by atoms with Crippen LogP contribution in [0.4, 0.5) is 5.69 Å². The highest BCUT2D eigenvalue weighted by molar-refractivity contribution is 7.85. The zero-order valence-electron chi connectivity index (χ0n) is 7.82.